The van der Waals surface area contributed by atoms with Crippen LogP contribution in [-0.2, 0) is 10.0 Å². The molecule has 8 heteroatoms. The number of nitrogens with zero attached hydrogens (tertiary/aromatic N) is 3. The predicted octanol–water partition coefficient (Wildman–Crippen LogP) is 2.92. The molecule has 0 spiro atoms. The first kappa shape index (κ1) is 18.1. The van der Waals surface area contributed by atoms with E-state index in [1.54, 1.807) is 37.5 Å². The number of aromatic nitrogens is 2. The molecule has 1 aliphatic heterocycles. The maximum absolute atomic E-state index is 13.0. The topological polar surface area (TPSA) is 72.4 Å². The fourth-order valence-electron chi connectivity index (χ4n) is 2.92. The van der Waals surface area contributed by atoms with Crippen molar-refractivity contribution in [3.63, 3.8) is 0 Å². The Hall–Kier alpha value is -1.70. The first-order chi connectivity index (χ1) is 12.0. The van der Waals surface area contributed by atoms with E-state index >= 15 is 0 Å². The average molecular weight is 382 g/mol. The van der Waals surface area contributed by atoms with Crippen LogP contribution in [0.3, 0.4) is 0 Å². The fourth-order valence-corrected chi connectivity index (χ4v) is 4.97. The van der Waals surface area contributed by atoms with Crippen molar-refractivity contribution >= 4 is 21.6 Å². The Morgan fingerprint density at radius 1 is 1.32 bits per heavy atom. The van der Waals surface area contributed by atoms with Crippen LogP contribution in [-0.4, -0.2) is 42.4 Å². The lowest BCUT2D eigenvalue weighted by molar-refractivity contribution is 0.171. The smallest absolute Gasteiger partial charge is 0.316 e. The van der Waals surface area contributed by atoms with Crippen molar-refractivity contribution in [1.82, 2.24) is 14.3 Å². The van der Waals surface area contributed by atoms with E-state index < -0.39 is 10.0 Å². The molecular formula is C17H20ClN3O3S. The standard InChI is InChI=1S/C17H20ClN3O3S/c1-13-5-6-15(18)10-16(13)25(22,23)21-9-2-4-14(11-21)12-24-17-19-7-3-8-20-17/h3,5-8,10,14H,2,4,9,11-12H2,1H3. The normalized spacial score (nSPS) is 18.9. The predicted molar refractivity (Wildman–Crippen MR) is 95.2 cm³/mol. The van der Waals surface area contributed by atoms with Gasteiger partial charge in [-0.05, 0) is 43.5 Å². The molecule has 1 saturated heterocycles. The molecule has 1 fully saturated rings. The second kappa shape index (κ2) is 7.68. The molecule has 6 nitrogen and oxygen atoms in total. The van der Waals surface area contributed by atoms with Crippen molar-refractivity contribution in [3.8, 4) is 6.01 Å². The van der Waals surface area contributed by atoms with Gasteiger partial charge in [0.2, 0.25) is 10.0 Å². The lowest BCUT2D eigenvalue weighted by Gasteiger charge is -2.32. The summed E-state index contributed by atoms with van der Waals surface area (Å²) in [5.74, 6) is 0.104. The lowest BCUT2D eigenvalue weighted by Crippen LogP contribution is -2.41. The molecule has 134 valence electrons. The highest BCUT2D eigenvalue weighted by Gasteiger charge is 2.31. The fraction of sp³-hybridized carbons (Fsp3) is 0.412. The summed E-state index contributed by atoms with van der Waals surface area (Å²) in [5, 5.41) is 0.419. The Kier molecular flexibility index (Phi) is 5.56. The molecule has 0 radical (unpaired) electrons. The molecule has 0 aliphatic carbocycles. The number of hydrogen-bond donors (Lipinski definition) is 0. The molecule has 25 heavy (non-hydrogen) atoms. The average Bonchev–Trinajstić information content (AvgIpc) is 2.63. The second-order valence-electron chi connectivity index (χ2n) is 6.12. The van der Waals surface area contributed by atoms with Gasteiger partial charge in [-0.25, -0.2) is 18.4 Å². The first-order valence-electron chi connectivity index (χ1n) is 8.13. The lowest BCUT2D eigenvalue weighted by atomic mass is 10.0. The van der Waals surface area contributed by atoms with E-state index in [1.807, 2.05) is 0 Å². The summed E-state index contributed by atoms with van der Waals surface area (Å²) >= 11 is 5.99. The highest BCUT2D eigenvalue weighted by atomic mass is 35.5. The van der Waals surface area contributed by atoms with Crippen LogP contribution in [0.15, 0.2) is 41.6 Å². The monoisotopic (exact) mass is 381 g/mol. The van der Waals surface area contributed by atoms with Gasteiger partial charge in [-0.3, -0.25) is 0 Å². The third-order valence-electron chi connectivity index (χ3n) is 4.24. The van der Waals surface area contributed by atoms with Gasteiger partial charge in [0.25, 0.3) is 0 Å². The van der Waals surface area contributed by atoms with Crippen LogP contribution in [0, 0.1) is 12.8 Å². The Bertz CT molecular complexity index is 830. The third kappa shape index (κ3) is 4.29. The zero-order chi connectivity index (χ0) is 17.9. The van der Waals surface area contributed by atoms with Gasteiger partial charge in [0, 0.05) is 36.4 Å². The van der Waals surface area contributed by atoms with Crippen LogP contribution >= 0.6 is 11.6 Å². The van der Waals surface area contributed by atoms with E-state index in [9.17, 15) is 8.42 Å². The Labute approximate surface area is 152 Å². The zero-order valence-electron chi connectivity index (χ0n) is 13.9. The molecule has 0 N–H and O–H groups in total. The number of sulfonamides is 1. The second-order valence-corrected chi connectivity index (χ2v) is 8.47. The van der Waals surface area contributed by atoms with E-state index in [0.717, 1.165) is 12.8 Å². The van der Waals surface area contributed by atoms with Crippen molar-refractivity contribution < 1.29 is 13.2 Å². The molecule has 0 amide bonds. The van der Waals surface area contributed by atoms with Gasteiger partial charge in [-0.1, -0.05) is 17.7 Å². The molecule has 0 saturated carbocycles. The molecular weight excluding hydrogens is 362 g/mol. The molecule has 0 bridgehead atoms. The number of halogens is 1. The van der Waals surface area contributed by atoms with Crippen LogP contribution in [0.2, 0.25) is 5.02 Å². The Balaban J connectivity index is 1.71. The Morgan fingerprint density at radius 2 is 2.08 bits per heavy atom. The maximum atomic E-state index is 13.0. The van der Waals surface area contributed by atoms with E-state index in [2.05, 4.69) is 9.97 Å². The van der Waals surface area contributed by atoms with Crippen molar-refractivity contribution in [3.05, 3.63) is 47.2 Å². The molecule has 1 aromatic heterocycles. The summed E-state index contributed by atoms with van der Waals surface area (Å²) in [6, 6.07) is 6.97. The zero-order valence-corrected chi connectivity index (χ0v) is 15.5. The van der Waals surface area contributed by atoms with E-state index in [1.165, 1.54) is 10.4 Å². The van der Waals surface area contributed by atoms with Crippen molar-refractivity contribution in [2.45, 2.75) is 24.7 Å². The summed E-state index contributed by atoms with van der Waals surface area (Å²) in [6.45, 7) is 3.10. The van der Waals surface area contributed by atoms with Gasteiger partial charge >= 0.3 is 6.01 Å². The van der Waals surface area contributed by atoms with Crippen LogP contribution in [0.5, 0.6) is 6.01 Å². The molecule has 1 atom stereocenters. The summed E-state index contributed by atoms with van der Waals surface area (Å²) in [5.41, 5.74) is 0.695. The van der Waals surface area contributed by atoms with Crippen molar-refractivity contribution in [1.29, 1.82) is 0 Å². The van der Waals surface area contributed by atoms with Crippen LogP contribution < -0.4 is 4.74 Å². The Morgan fingerprint density at radius 3 is 2.84 bits per heavy atom. The summed E-state index contributed by atoms with van der Waals surface area (Å²) in [7, 11) is -3.57. The molecule has 1 aromatic carbocycles. The quantitative estimate of drug-likeness (QED) is 0.796. The molecule has 1 aliphatic rings. The highest BCUT2D eigenvalue weighted by Crippen LogP contribution is 2.27. The van der Waals surface area contributed by atoms with Crippen LogP contribution in [0.1, 0.15) is 18.4 Å². The van der Waals surface area contributed by atoms with Gasteiger partial charge < -0.3 is 4.74 Å². The minimum absolute atomic E-state index is 0.104. The van der Waals surface area contributed by atoms with E-state index in [4.69, 9.17) is 16.3 Å². The highest BCUT2D eigenvalue weighted by molar-refractivity contribution is 7.89. The molecule has 2 heterocycles. The minimum atomic E-state index is -3.57. The number of rotatable bonds is 5. The van der Waals surface area contributed by atoms with E-state index in [-0.39, 0.29) is 10.8 Å². The van der Waals surface area contributed by atoms with Crippen molar-refractivity contribution in [2.75, 3.05) is 19.7 Å². The number of hydrogen-bond acceptors (Lipinski definition) is 5. The van der Waals surface area contributed by atoms with Crippen molar-refractivity contribution in [2.24, 2.45) is 5.92 Å². The number of benzene rings is 1. The molecule has 3 rings (SSSR count). The van der Waals surface area contributed by atoms with Gasteiger partial charge in [0.15, 0.2) is 0 Å². The third-order valence-corrected chi connectivity index (χ3v) is 6.48. The number of aryl methyl sites for hydroxylation is 1. The first-order valence-corrected chi connectivity index (χ1v) is 9.95. The van der Waals surface area contributed by atoms with Gasteiger partial charge in [0.05, 0.1) is 11.5 Å². The van der Waals surface area contributed by atoms with Gasteiger partial charge in [-0.2, -0.15) is 4.31 Å². The molecule has 1 unspecified atom stereocenters. The summed E-state index contributed by atoms with van der Waals surface area (Å²) < 4.78 is 33.1. The largest absolute Gasteiger partial charge is 0.463 e. The number of ether oxygens (including phenoxy) is 1. The van der Waals surface area contributed by atoms with Gasteiger partial charge in [0.1, 0.15) is 0 Å². The number of piperidine rings is 1. The van der Waals surface area contributed by atoms with Crippen LogP contribution in [0.4, 0.5) is 0 Å². The maximum Gasteiger partial charge on any atom is 0.316 e. The van der Waals surface area contributed by atoms with Crippen LogP contribution in [0.25, 0.3) is 0 Å². The summed E-state index contributed by atoms with van der Waals surface area (Å²) in [6.07, 6.45) is 4.93. The molecule has 2 aromatic rings. The summed E-state index contributed by atoms with van der Waals surface area (Å²) in [4.78, 5) is 8.31. The minimum Gasteiger partial charge on any atom is -0.463 e. The van der Waals surface area contributed by atoms with E-state index in [0.29, 0.717) is 36.3 Å². The SMILES string of the molecule is Cc1ccc(Cl)cc1S(=O)(=O)N1CCCC(COc2ncccn2)C1. The van der Waals surface area contributed by atoms with Gasteiger partial charge in [-0.15, -0.1) is 0 Å².